The standard InChI is InChI=1S/C14H14F4N2O3/c15-10-3-1-9-7-20(12(21)6-19-13(22)23)11(14(16,17)18)4-2-8(9)5-10/h1,3,5,11,19H,2,4,6-7H2,(H,22,23)/t11-/m0/s1. The molecular weight excluding hydrogens is 320 g/mol. The number of nitrogens with zero attached hydrogens (tertiary/aromatic N) is 1. The maximum Gasteiger partial charge on any atom is 0.408 e. The van der Waals surface area contributed by atoms with Crippen LogP contribution in [0, 0.1) is 5.82 Å². The summed E-state index contributed by atoms with van der Waals surface area (Å²) in [5.74, 6) is -1.54. The molecule has 2 amide bonds. The minimum absolute atomic E-state index is 0.0204. The van der Waals surface area contributed by atoms with Crippen molar-refractivity contribution in [1.29, 1.82) is 0 Å². The lowest BCUT2D eigenvalue weighted by atomic mass is 10.0. The fraction of sp³-hybridized carbons (Fsp3) is 0.429. The van der Waals surface area contributed by atoms with Gasteiger partial charge < -0.3 is 15.3 Å². The average Bonchev–Trinajstić information content (AvgIpc) is 2.63. The molecule has 0 saturated carbocycles. The van der Waals surface area contributed by atoms with E-state index in [1.807, 2.05) is 0 Å². The van der Waals surface area contributed by atoms with Crippen LogP contribution in [0.3, 0.4) is 0 Å². The molecule has 1 aromatic carbocycles. The summed E-state index contributed by atoms with van der Waals surface area (Å²) in [5.41, 5.74) is 0.836. The van der Waals surface area contributed by atoms with Crippen LogP contribution in [0.15, 0.2) is 18.2 Å². The number of alkyl halides is 3. The summed E-state index contributed by atoms with van der Waals surface area (Å²) in [5, 5.41) is 10.3. The number of fused-ring (bicyclic) bond motifs is 1. The van der Waals surface area contributed by atoms with Crippen molar-refractivity contribution in [2.45, 2.75) is 31.6 Å². The SMILES string of the molecule is O=C(O)NCC(=O)N1Cc2ccc(F)cc2CC[C@H]1C(F)(F)F. The van der Waals surface area contributed by atoms with Crippen LogP contribution in [-0.4, -0.2) is 40.8 Å². The minimum atomic E-state index is -4.65. The second-order valence-electron chi connectivity index (χ2n) is 5.19. The molecule has 0 unspecified atom stereocenters. The molecule has 1 atom stereocenters. The minimum Gasteiger partial charge on any atom is -0.465 e. The zero-order valence-electron chi connectivity index (χ0n) is 11.9. The van der Waals surface area contributed by atoms with E-state index in [-0.39, 0.29) is 13.0 Å². The zero-order chi connectivity index (χ0) is 17.2. The van der Waals surface area contributed by atoms with E-state index < -0.39 is 43.0 Å². The third-order valence-corrected chi connectivity index (χ3v) is 3.66. The molecule has 0 spiro atoms. The number of nitrogens with one attached hydrogen (secondary N) is 1. The number of benzene rings is 1. The Morgan fingerprint density at radius 3 is 2.61 bits per heavy atom. The lowest BCUT2D eigenvalue weighted by molar-refractivity contribution is -0.191. The van der Waals surface area contributed by atoms with Gasteiger partial charge in [0.15, 0.2) is 0 Å². The van der Waals surface area contributed by atoms with Crippen molar-refractivity contribution in [3.05, 3.63) is 35.1 Å². The van der Waals surface area contributed by atoms with Crippen LogP contribution >= 0.6 is 0 Å². The topological polar surface area (TPSA) is 69.6 Å². The molecule has 1 aliphatic heterocycles. The van der Waals surface area contributed by atoms with Gasteiger partial charge in [-0.3, -0.25) is 4.79 Å². The van der Waals surface area contributed by atoms with Crippen LogP contribution in [0.1, 0.15) is 17.5 Å². The van der Waals surface area contributed by atoms with Gasteiger partial charge in [-0.25, -0.2) is 9.18 Å². The number of carboxylic acid groups (broad SMARTS) is 1. The van der Waals surface area contributed by atoms with Crippen molar-refractivity contribution in [2.24, 2.45) is 0 Å². The highest BCUT2D eigenvalue weighted by Crippen LogP contribution is 2.33. The lowest BCUT2D eigenvalue weighted by Gasteiger charge is -2.31. The summed E-state index contributed by atoms with van der Waals surface area (Å²) in [6.45, 7) is -1.10. The van der Waals surface area contributed by atoms with E-state index in [1.54, 1.807) is 5.32 Å². The molecule has 2 rings (SSSR count). The van der Waals surface area contributed by atoms with Gasteiger partial charge in [-0.1, -0.05) is 6.07 Å². The molecule has 5 nitrogen and oxygen atoms in total. The number of halogens is 4. The van der Waals surface area contributed by atoms with Gasteiger partial charge in [0.2, 0.25) is 5.91 Å². The first kappa shape index (κ1) is 17.0. The Labute approximate surface area is 128 Å². The Morgan fingerprint density at radius 1 is 1.30 bits per heavy atom. The monoisotopic (exact) mass is 334 g/mol. The Hall–Kier alpha value is -2.32. The van der Waals surface area contributed by atoms with Crippen LogP contribution in [0.25, 0.3) is 0 Å². The van der Waals surface area contributed by atoms with Crippen molar-refractivity contribution in [3.8, 4) is 0 Å². The van der Waals surface area contributed by atoms with Gasteiger partial charge in [-0.15, -0.1) is 0 Å². The van der Waals surface area contributed by atoms with Crippen LogP contribution in [0.4, 0.5) is 22.4 Å². The first-order chi connectivity index (χ1) is 10.7. The Bertz CT molecular complexity index is 619. The zero-order valence-corrected chi connectivity index (χ0v) is 11.9. The van der Waals surface area contributed by atoms with E-state index in [0.29, 0.717) is 16.0 Å². The number of hydrogen-bond donors (Lipinski definition) is 2. The molecule has 0 aliphatic carbocycles. The summed E-state index contributed by atoms with van der Waals surface area (Å²) < 4.78 is 52.9. The van der Waals surface area contributed by atoms with Crippen LogP contribution in [-0.2, 0) is 17.8 Å². The molecule has 0 fully saturated rings. The predicted octanol–water partition coefficient (Wildman–Crippen LogP) is 2.30. The summed E-state index contributed by atoms with van der Waals surface area (Å²) in [4.78, 5) is 23.0. The second kappa shape index (κ2) is 6.43. The fourth-order valence-corrected chi connectivity index (χ4v) is 2.58. The van der Waals surface area contributed by atoms with Gasteiger partial charge in [0.1, 0.15) is 18.4 Å². The Kier molecular flexibility index (Phi) is 4.76. The van der Waals surface area contributed by atoms with E-state index in [1.165, 1.54) is 6.07 Å². The number of carbonyl (C=O) groups is 2. The summed E-state index contributed by atoms with van der Waals surface area (Å²) in [6.07, 6.45) is -6.58. The number of rotatable bonds is 2. The van der Waals surface area contributed by atoms with Gasteiger partial charge in [0, 0.05) is 6.54 Å². The molecule has 0 bridgehead atoms. The van der Waals surface area contributed by atoms with E-state index in [4.69, 9.17) is 5.11 Å². The summed E-state index contributed by atoms with van der Waals surface area (Å²) in [7, 11) is 0. The number of hydrogen-bond acceptors (Lipinski definition) is 2. The fourth-order valence-electron chi connectivity index (χ4n) is 2.58. The highest BCUT2D eigenvalue weighted by atomic mass is 19.4. The Balaban J connectivity index is 2.30. The highest BCUT2D eigenvalue weighted by Gasteiger charge is 2.46. The van der Waals surface area contributed by atoms with Crippen molar-refractivity contribution in [3.63, 3.8) is 0 Å². The van der Waals surface area contributed by atoms with Crippen LogP contribution < -0.4 is 5.32 Å². The molecule has 2 N–H and O–H groups in total. The van der Waals surface area contributed by atoms with Gasteiger partial charge in [-0.05, 0) is 36.1 Å². The molecule has 1 aromatic rings. The third-order valence-electron chi connectivity index (χ3n) is 3.66. The van der Waals surface area contributed by atoms with Gasteiger partial charge in [-0.2, -0.15) is 13.2 Å². The largest absolute Gasteiger partial charge is 0.465 e. The predicted molar refractivity (Wildman–Crippen MR) is 71.1 cm³/mol. The quantitative estimate of drug-likeness (QED) is 0.816. The Morgan fingerprint density at radius 2 is 2.00 bits per heavy atom. The van der Waals surface area contributed by atoms with Crippen LogP contribution in [0.2, 0.25) is 0 Å². The second-order valence-corrected chi connectivity index (χ2v) is 5.19. The highest BCUT2D eigenvalue weighted by molar-refractivity contribution is 5.82. The molecular formula is C14H14F4N2O3. The molecule has 126 valence electrons. The molecule has 0 saturated heterocycles. The normalized spacial score (nSPS) is 18.1. The lowest BCUT2D eigenvalue weighted by Crippen LogP contribution is -2.50. The maximum atomic E-state index is 13.2. The van der Waals surface area contributed by atoms with Crippen molar-refractivity contribution in [2.75, 3.05) is 6.54 Å². The van der Waals surface area contributed by atoms with Gasteiger partial charge in [0.25, 0.3) is 0 Å². The van der Waals surface area contributed by atoms with E-state index in [0.717, 1.165) is 12.1 Å². The first-order valence-electron chi connectivity index (χ1n) is 6.78. The van der Waals surface area contributed by atoms with Gasteiger partial charge in [0.05, 0.1) is 0 Å². The number of carbonyl (C=O) groups excluding carboxylic acids is 1. The van der Waals surface area contributed by atoms with Crippen LogP contribution in [0.5, 0.6) is 0 Å². The van der Waals surface area contributed by atoms with E-state index in [9.17, 15) is 27.2 Å². The van der Waals surface area contributed by atoms with E-state index in [2.05, 4.69) is 0 Å². The molecule has 0 aromatic heterocycles. The average molecular weight is 334 g/mol. The molecule has 23 heavy (non-hydrogen) atoms. The molecule has 1 heterocycles. The number of amides is 2. The molecule has 0 radical (unpaired) electrons. The first-order valence-corrected chi connectivity index (χ1v) is 6.78. The van der Waals surface area contributed by atoms with Crippen molar-refractivity contribution in [1.82, 2.24) is 10.2 Å². The molecule has 9 heteroatoms. The maximum absolute atomic E-state index is 13.2. The summed E-state index contributed by atoms with van der Waals surface area (Å²) in [6, 6.07) is 1.58. The van der Waals surface area contributed by atoms with Crippen molar-refractivity contribution < 1.29 is 32.3 Å². The summed E-state index contributed by atoms with van der Waals surface area (Å²) >= 11 is 0. The van der Waals surface area contributed by atoms with E-state index >= 15 is 0 Å². The smallest absolute Gasteiger partial charge is 0.408 e. The number of aryl methyl sites for hydroxylation is 1. The third kappa shape index (κ3) is 4.11. The molecule has 1 aliphatic rings. The van der Waals surface area contributed by atoms with Crippen molar-refractivity contribution >= 4 is 12.0 Å². The van der Waals surface area contributed by atoms with Gasteiger partial charge >= 0.3 is 12.3 Å².